The summed E-state index contributed by atoms with van der Waals surface area (Å²) < 4.78 is 38.3. The quantitative estimate of drug-likeness (QED) is 0.0481. The van der Waals surface area contributed by atoms with Gasteiger partial charge in [0.2, 0.25) is 0 Å². The summed E-state index contributed by atoms with van der Waals surface area (Å²) >= 11 is 1.06. The molecule has 1 aliphatic heterocycles. The summed E-state index contributed by atoms with van der Waals surface area (Å²) in [7, 11) is -4.89. The van der Waals surface area contributed by atoms with Gasteiger partial charge in [-0.1, -0.05) is 12.1 Å². The molecule has 17 nitrogen and oxygen atoms in total. The van der Waals surface area contributed by atoms with Gasteiger partial charge in [0.25, 0.3) is 17.9 Å². The number of anilines is 1. The number of nitrogens with two attached hydrogens (primary N) is 3. The standard InChI is InChI=1S/C24H32N8O9S2/c1-4-15-16(29-23(27)42-15)17(20(33)30-18-21(34)32(24(18,2)3)43(37,38)39)31-41-14(22(35)36)11-40-13-7-5-12(6-8-13)19(26)28-10-9-25/h5-8,14,18H,4,9-11,25H2,1-3H3,(H2,26,28)(H2,27,29)(H,30,33)(H,35,36)(H,37,38,39)/b31-17-/t14-,18+/m0/s1. The Hall–Kier alpha value is -4.33. The van der Waals surface area contributed by atoms with Crippen LogP contribution in [0.25, 0.3) is 0 Å². The molecular weight excluding hydrogens is 608 g/mol. The summed E-state index contributed by atoms with van der Waals surface area (Å²) in [6.45, 7) is 4.54. The van der Waals surface area contributed by atoms with Crippen molar-refractivity contribution >= 4 is 56.1 Å². The normalized spacial score (nSPS) is 17.7. The zero-order valence-corrected chi connectivity index (χ0v) is 25.0. The largest absolute Gasteiger partial charge is 0.489 e. The number of carbonyl (C=O) groups is 3. The van der Waals surface area contributed by atoms with Crippen LogP contribution in [0.4, 0.5) is 5.13 Å². The molecule has 9 N–H and O–H groups in total. The smallest absolute Gasteiger partial charge is 0.362 e. The second-order valence-electron chi connectivity index (χ2n) is 9.58. The van der Waals surface area contributed by atoms with Crippen molar-refractivity contribution in [2.75, 3.05) is 25.4 Å². The molecule has 1 aromatic carbocycles. The number of aliphatic imine (C=N–C) groups is 1. The van der Waals surface area contributed by atoms with Crippen LogP contribution < -0.4 is 27.3 Å². The van der Waals surface area contributed by atoms with Crippen LogP contribution in [0.3, 0.4) is 0 Å². The minimum atomic E-state index is -4.89. The molecular formula is C24H32N8O9S2. The van der Waals surface area contributed by atoms with Crippen LogP contribution in [0.1, 0.15) is 36.9 Å². The van der Waals surface area contributed by atoms with Crippen LogP contribution in [-0.2, 0) is 35.9 Å². The van der Waals surface area contributed by atoms with Crippen molar-refractivity contribution in [2.24, 2.45) is 21.6 Å². The molecule has 1 aromatic heterocycles. The Morgan fingerprint density at radius 1 is 1.28 bits per heavy atom. The van der Waals surface area contributed by atoms with E-state index in [-0.39, 0.29) is 26.7 Å². The van der Waals surface area contributed by atoms with E-state index in [1.165, 1.54) is 13.8 Å². The van der Waals surface area contributed by atoms with Crippen LogP contribution in [-0.4, -0.2) is 94.1 Å². The molecule has 0 saturated carbocycles. The van der Waals surface area contributed by atoms with Gasteiger partial charge in [-0.05, 0) is 44.5 Å². The van der Waals surface area contributed by atoms with E-state index in [4.69, 9.17) is 26.8 Å². The van der Waals surface area contributed by atoms with Gasteiger partial charge in [-0.3, -0.25) is 19.1 Å². The summed E-state index contributed by atoms with van der Waals surface area (Å²) in [5.41, 5.74) is 15.7. The van der Waals surface area contributed by atoms with Crippen molar-refractivity contribution in [3.05, 3.63) is 40.4 Å². The number of benzene rings is 1. The minimum absolute atomic E-state index is 0.0201. The number of β-lactam (4-membered cyclic amide) rings is 1. The van der Waals surface area contributed by atoms with Crippen molar-refractivity contribution in [3.8, 4) is 5.75 Å². The molecule has 0 spiro atoms. The van der Waals surface area contributed by atoms with Crippen molar-refractivity contribution in [2.45, 2.75) is 44.9 Å². The van der Waals surface area contributed by atoms with Gasteiger partial charge in [0.15, 0.2) is 10.8 Å². The number of amides is 2. The van der Waals surface area contributed by atoms with Gasteiger partial charge in [-0.2, -0.15) is 8.42 Å². The van der Waals surface area contributed by atoms with E-state index in [9.17, 15) is 32.5 Å². The molecule has 2 amide bonds. The van der Waals surface area contributed by atoms with Gasteiger partial charge >= 0.3 is 16.3 Å². The number of carboxylic acids is 1. The van der Waals surface area contributed by atoms with E-state index in [1.54, 1.807) is 31.2 Å². The Bertz CT molecular complexity index is 1540. The lowest BCUT2D eigenvalue weighted by atomic mass is 9.85. The molecule has 0 aliphatic carbocycles. The van der Waals surface area contributed by atoms with E-state index < -0.39 is 58.1 Å². The Morgan fingerprint density at radius 3 is 2.47 bits per heavy atom. The van der Waals surface area contributed by atoms with Gasteiger partial charge in [-0.25, -0.2) is 14.1 Å². The third-order valence-corrected chi connectivity index (χ3v) is 8.31. The van der Waals surface area contributed by atoms with E-state index >= 15 is 0 Å². The van der Waals surface area contributed by atoms with Gasteiger partial charge < -0.3 is 37.2 Å². The molecule has 19 heteroatoms. The number of hydrogen-bond acceptors (Lipinski definition) is 13. The average molecular weight is 641 g/mol. The number of carbonyl (C=O) groups excluding carboxylic acids is 2. The molecule has 0 bridgehead atoms. The molecule has 43 heavy (non-hydrogen) atoms. The lowest BCUT2D eigenvalue weighted by Crippen LogP contribution is -2.77. The number of carboxylic acid groups (broad SMARTS) is 1. The molecule has 0 radical (unpaired) electrons. The molecule has 234 valence electrons. The number of ether oxygens (including phenoxy) is 1. The molecule has 2 aromatic rings. The van der Waals surface area contributed by atoms with Gasteiger partial charge in [0.05, 0.1) is 12.1 Å². The van der Waals surface area contributed by atoms with Gasteiger partial charge in [0, 0.05) is 17.0 Å². The molecule has 0 unspecified atom stereocenters. The predicted molar refractivity (Wildman–Crippen MR) is 156 cm³/mol. The summed E-state index contributed by atoms with van der Waals surface area (Å²) in [6.07, 6.45) is -1.33. The van der Waals surface area contributed by atoms with E-state index in [0.717, 1.165) is 11.3 Å². The Kier molecular flexibility index (Phi) is 10.3. The molecule has 1 saturated heterocycles. The van der Waals surface area contributed by atoms with E-state index in [2.05, 4.69) is 20.4 Å². The fourth-order valence-corrected chi connectivity index (χ4v) is 5.83. The third kappa shape index (κ3) is 7.55. The summed E-state index contributed by atoms with van der Waals surface area (Å²) in [6, 6.07) is 4.93. The van der Waals surface area contributed by atoms with Gasteiger partial charge in [-0.15, -0.1) is 11.3 Å². The second-order valence-corrected chi connectivity index (χ2v) is 12.0. The molecule has 2 atom stereocenters. The molecule has 2 heterocycles. The highest BCUT2D eigenvalue weighted by molar-refractivity contribution is 7.84. The van der Waals surface area contributed by atoms with Gasteiger partial charge in [0.1, 0.15) is 29.9 Å². The zero-order chi connectivity index (χ0) is 32.1. The van der Waals surface area contributed by atoms with Crippen molar-refractivity contribution in [1.82, 2.24) is 14.6 Å². The molecule has 1 fully saturated rings. The summed E-state index contributed by atoms with van der Waals surface area (Å²) in [5.74, 6) is -3.04. The number of nitrogens with one attached hydrogen (secondary N) is 1. The van der Waals surface area contributed by atoms with E-state index in [1.807, 2.05) is 0 Å². The van der Waals surface area contributed by atoms with Crippen LogP contribution >= 0.6 is 11.3 Å². The number of oxime groups is 1. The van der Waals surface area contributed by atoms with Crippen molar-refractivity contribution in [1.29, 1.82) is 0 Å². The first-order chi connectivity index (χ1) is 20.1. The fraction of sp³-hybridized carbons (Fsp3) is 0.417. The van der Waals surface area contributed by atoms with Crippen LogP contribution in [0.15, 0.2) is 34.4 Å². The Balaban J connectivity index is 1.82. The van der Waals surface area contributed by atoms with Crippen LogP contribution in [0.2, 0.25) is 0 Å². The summed E-state index contributed by atoms with van der Waals surface area (Å²) in [4.78, 5) is 51.7. The lowest BCUT2D eigenvalue weighted by Gasteiger charge is -2.50. The lowest BCUT2D eigenvalue weighted by molar-refractivity contribution is -0.152. The number of thiazole rings is 1. The highest BCUT2D eigenvalue weighted by atomic mass is 32.2. The first kappa shape index (κ1) is 33.2. The number of rotatable bonds is 14. The van der Waals surface area contributed by atoms with Crippen molar-refractivity contribution < 1.29 is 42.0 Å². The number of hydrogen-bond donors (Lipinski definition) is 6. The van der Waals surface area contributed by atoms with Crippen LogP contribution in [0, 0.1) is 0 Å². The SMILES string of the molecule is CCc1sc(N)nc1/C(=N/O[C@@H](COc1ccc(C(N)=NCCN)cc1)C(=O)O)C(=O)N[C@@H]1C(=O)N(S(=O)(=O)O)C1(C)C. The Labute approximate surface area is 250 Å². The predicted octanol–water partition coefficient (Wildman–Crippen LogP) is -0.887. The number of amidine groups is 1. The van der Waals surface area contributed by atoms with Crippen LogP contribution in [0.5, 0.6) is 5.75 Å². The van der Waals surface area contributed by atoms with Crippen molar-refractivity contribution in [3.63, 3.8) is 0 Å². The maximum atomic E-state index is 13.3. The zero-order valence-electron chi connectivity index (χ0n) is 23.4. The number of aryl methyl sites for hydroxylation is 1. The molecule has 3 rings (SSSR count). The first-order valence-electron chi connectivity index (χ1n) is 12.7. The highest BCUT2D eigenvalue weighted by Gasteiger charge is 2.60. The maximum Gasteiger partial charge on any atom is 0.362 e. The Morgan fingerprint density at radius 2 is 1.93 bits per heavy atom. The van der Waals surface area contributed by atoms with E-state index in [0.29, 0.717) is 30.0 Å². The topological polar surface area (TPSA) is 275 Å². The highest BCUT2D eigenvalue weighted by Crippen LogP contribution is 2.34. The fourth-order valence-electron chi connectivity index (χ4n) is 4.02. The molecule has 1 aliphatic rings. The number of aliphatic carboxylic acids is 1. The number of nitrogen functional groups attached to an aromatic ring is 1. The average Bonchev–Trinajstić information content (AvgIpc) is 3.31. The number of nitrogens with zero attached hydrogens (tertiary/aromatic N) is 4. The first-order valence-corrected chi connectivity index (χ1v) is 14.9. The second kappa shape index (κ2) is 13.3. The maximum absolute atomic E-state index is 13.3. The number of aromatic nitrogens is 1. The minimum Gasteiger partial charge on any atom is -0.489 e. The third-order valence-electron chi connectivity index (χ3n) is 6.17. The summed E-state index contributed by atoms with van der Waals surface area (Å²) in [5, 5.41) is 15.9. The monoisotopic (exact) mass is 640 g/mol.